The molecule has 2 aromatic heterocycles. The van der Waals surface area contributed by atoms with Crippen LogP contribution in [0.25, 0.3) is 22.3 Å². The molecular formula is C23H23N5O2. The first-order chi connectivity index (χ1) is 14.6. The number of hydrogen-bond donors (Lipinski definition) is 0. The molecule has 7 nitrogen and oxygen atoms in total. The summed E-state index contributed by atoms with van der Waals surface area (Å²) in [5.41, 5.74) is 3.70. The van der Waals surface area contributed by atoms with Gasteiger partial charge in [0.1, 0.15) is 0 Å². The summed E-state index contributed by atoms with van der Waals surface area (Å²) in [7, 11) is 1.94. The fraction of sp³-hybridized carbons (Fsp3) is 0.304. The third kappa shape index (κ3) is 3.26. The quantitative estimate of drug-likeness (QED) is 0.519. The van der Waals surface area contributed by atoms with Gasteiger partial charge in [-0.15, -0.1) is 0 Å². The lowest BCUT2D eigenvalue weighted by Crippen LogP contribution is -2.37. The molecule has 0 N–H and O–H groups in total. The van der Waals surface area contributed by atoms with Gasteiger partial charge in [0.05, 0.1) is 11.2 Å². The van der Waals surface area contributed by atoms with Gasteiger partial charge in [-0.1, -0.05) is 35.5 Å². The highest BCUT2D eigenvalue weighted by Gasteiger charge is 2.28. The maximum atomic E-state index is 12.6. The molecule has 0 unspecified atom stereocenters. The van der Waals surface area contributed by atoms with Crippen LogP contribution in [0.3, 0.4) is 0 Å². The van der Waals surface area contributed by atoms with Crippen LogP contribution in [-0.2, 0) is 7.05 Å². The summed E-state index contributed by atoms with van der Waals surface area (Å²) in [6.07, 6.45) is 1.64. The second-order valence-corrected chi connectivity index (χ2v) is 7.83. The molecule has 1 fully saturated rings. The zero-order chi connectivity index (χ0) is 20.7. The Bertz CT molecular complexity index is 1200. The molecule has 0 atom stereocenters. The van der Waals surface area contributed by atoms with Crippen molar-refractivity contribution >= 4 is 16.8 Å². The van der Waals surface area contributed by atoms with Gasteiger partial charge in [-0.2, -0.15) is 10.1 Å². The summed E-state index contributed by atoms with van der Waals surface area (Å²) in [6, 6.07) is 15.5. The number of likely N-dealkylation sites (tertiary alicyclic amines) is 1. The summed E-state index contributed by atoms with van der Waals surface area (Å²) in [4.78, 5) is 19.2. The van der Waals surface area contributed by atoms with Crippen molar-refractivity contribution in [3.8, 4) is 11.4 Å². The Morgan fingerprint density at radius 1 is 1.10 bits per heavy atom. The van der Waals surface area contributed by atoms with Crippen molar-refractivity contribution in [1.29, 1.82) is 0 Å². The molecule has 2 aromatic carbocycles. The fourth-order valence-corrected chi connectivity index (χ4v) is 4.19. The summed E-state index contributed by atoms with van der Waals surface area (Å²) in [6.45, 7) is 3.39. The molecule has 1 saturated heterocycles. The van der Waals surface area contributed by atoms with Crippen LogP contribution in [0.1, 0.15) is 40.7 Å². The number of carbonyl (C=O) groups is 1. The molecule has 3 heterocycles. The third-order valence-electron chi connectivity index (χ3n) is 5.89. The molecule has 1 amide bonds. The standard InChI is InChI=1S/C23H23N5O2/c1-15-19-9-8-18(14-20(19)27(2)25-15)21-24-22(30-26-21)16-10-12-28(13-11-16)23(29)17-6-4-3-5-7-17/h3-9,14,16H,10-13H2,1-2H3. The molecule has 1 aliphatic rings. The highest BCUT2D eigenvalue weighted by molar-refractivity contribution is 5.94. The van der Waals surface area contributed by atoms with E-state index in [0.717, 1.165) is 40.6 Å². The van der Waals surface area contributed by atoms with Crippen molar-refractivity contribution in [3.63, 3.8) is 0 Å². The van der Waals surface area contributed by atoms with E-state index in [1.54, 1.807) is 0 Å². The number of amides is 1. The lowest BCUT2D eigenvalue weighted by molar-refractivity contribution is 0.0704. The van der Waals surface area contributed by atoms with E-state index in [0.29, 0.717) is 24.8 Å². The molecule has 4 aromatic rings. The molecule has 0 saturated carbocycles. The summed E-state index contributed by atoms with van der Waals surface area (Å²) >= 11 is 0. The van der Waals surface area contributed by atoms with Crippen LogP contribution in [0.2, 0.25) is 0 Å². The van der Waals surface area contributed by atoms with Gasteiger partial charge in [-0.05, 0) is 38.0 Å². The van der Waals surface area contributed by atoms with E-state index in [1.807, 2.05) is 66.0 Å². The van der Waals surface area contributed by atoms with Gasteiger partial charge in [0, 0.05) is 42.6 Å². The molecule has 0 bridgehead atoms. The van der Waals surface area contributed by atoms with Gasteiger partial charge < -0.3 is 9.42 Å². The number of rotatable bonds is 3. The normalized spacial score (nSPS) is 15.1. The van der Waals surface area contributed by atoms with Crippen LogP contribution in [0.5, 0.6) is 0 Å². The predicted octanol–water partition coefficient (Wildman–Crippen LogP) is 3.95. The molecule has 0 radical (unpaired) electrons. The molecule has 7 heteroatoms. The number of benzene rings is 2. The number of fused-ring (bicyclic) bond motifs is 1. The molecule has 0 spiro atoms. The van der Waals surface area contributed by atoms with E-state index in [1.165, 1.54) is 0 Å². The van der Waals surface area contributed by atoms with Crippen LogP contribution >= 0.6 is 0 Å². The van der Waals surface area contributed by atoms with Crippen LogP contribution in [0.15, 0.2) is 53.1 Å². The Morgan fingerprint density at radius 3 is 2.63 bits per heavy atom. The third-order valence-corrected chi connectivity index (χ3v) is 5.89. The van der Waals surface area contributed by atoms with E-state index >= 15 is 0 Å². The highest BCUT2D eigenvalue weighted by Crippen LogP contribution is 2.30. The van der Waals surface area contributed by atoms with Crippen LogP contribution in [0.4, 0.5) is 0 Å². The van der Waals surface area contributed by atoms with E-state index < -0.39 is 0 Å². The van der Waals surface area contributed by atoms with E-state index in [9.17, 15) is 4.79 Å². The van der Waals surface area contributed by atoms with Crippen LogP contribution < -0.4 is 0 Å². The average Bonchev–Trinajstić information content (AvgIpc) is 3.39. The van der Waals surface area contributed by atoms with E-state index in [4.69, 9.17) is 4.52 Å². The smallest absolute Gasteiger partial charge is 0.253 e. The van der Waals surface area contributed by atoms with Crippen LogP contribution in [-0.4, -0.2) is 43.8 Å². The predicted molar refractivity (Wildman–Crippen MR) is 113 cm³/mol. The first kappa shape index (κ1) is 18.5. The van der Waals surface area contributed by atoms with E-state index in [2.05, 4.69) is 21.3 Å². The molecule has 1 aliphatic heterocycles. The van der Waals surface area contributed by atoms with Crippen molar-refractivity contribution < 1.29 is 9.32 Å². The Morgan fingerprint density at radius 2 is 1.87 bits per heavy atom. The summed E-state index contributed by atoms with van der Waals surface area (Å²) in [5, 5.41) is 9.80. The monoisotopic (exact) mass is 401 g/mol. The maximum absolute atomic E-state index is 12.6. The Balaban J connectivity index is 1.30. The number of hydrogen-bond acceptors (Lipinski definition) is 5. The van der Waals surface area contributed by atoms with Gasteiger partial charge in [0.15, 0.2) is 0 Å². The topological polar surface area (TPSA) is 77.0 Å². The molecule has 152 valence electrons. The van der Waals surface area contributed by atoms with Crippen molar-refractivity contribution in [1.82, 2.24) is 24.8 Å². The van der Waals surface area contributed by atoms with Crippen molar-refractivity contribution in [2.45, 2.75) is 25.7 Å². The molecular weight excluding hydrogens is 378 g/mol. The Kier molecular flexibility index (Phi) is 4.58. The number of nitrogens with zero attached hydrogens (tertiary/aromatic N) is 5. The number of aryl methyl sites for hydroxylation is 2. The zero-order valence-corrected chi connectivity index (χ0v) is 17.1. The Hall–Kier alpha value is -3.48. The minimum atomic E-state index is 0.0834. The lowest BCUT2D eigenvalue weighted by atomic mass is 9.96. The second-order valence-electron chi connectivity index (χ2n) is 7.83. The van der Waals surface area contributed by atoms with Gasteiger partial charge >= 0.3 is 0 Å². The molecule has 0 aliphatic carbocycles. The lowest BCUT2D eigenvalue weighted by Gasteiger charge is -2.30. The molecule has 30 heavy (non-hydrogen) atoms. The van der Waals surface area contributed by atoms with Crippen molar-refractivity contribution in [2.24, 2.45) is 7.05 Å². The SMILES string of the molecule is Cc1nn(C)c2cc(-c3noc(C4CCN(C(=O)c5ccccc5)CC4)n3)ccc12. The van der Waals surface area contributed by atoms with Gasteiger partial charge in [0.2, 0.25) is 11.7 Å². The first-order valence-electron chi connectivity index (χ1n) is 10.2. The second kappa shape index (κ2) is 7.40. The fourth-order valence-electron chi connectivity index (χ4n) is 4.19. The number of piperidine rings is 1. The summed E-state index contributed by atoms with van der Waals surface area (Å²) < 4.78 is 7.47. The minimum absolute atomic E-state index is 0.0834. The maximum Gasteiger partial charge on any atom is 0.253 e. The average molecular weight is 401 g/mol. The van der Waals surface area contributed by atoms with Crippen molar-refractivity contribution in [3.05, 3.63) is 65.7 Å². The zero-order valence-electron chi connectivity index (χ0n) is 17.1. The highest BCUT2D eigenvalue weighted by atomic mass is 16.5. The molecule has 5 rings (SSSR count). The summed E-state index contributed by atoms with van der Waals surface area (Å²) in [5.74, 6) is 1.50. The number of aromatic nitrogens is 4. The van der Waals surface area contributed by atoms with Gasteiger partial charge in [-0.25, -0.2) is 0 Å². The Labute approximate surface area is 174 Å². The number of carbonyl (C=O) groups excluding carboxylic acids is 1. The van der Waals surface area contributed by atoms with E-state index in [-0.39, 0.29) is 11.8 Å². The van der Waals surface area contributed by atoms with Crippen molar-refractivity contribution in [2.75, 3.05) is 13.1 Å². The van der Waals surface area contributed by atoms with Gasteiger partial charge in [-0.3, -0.25) is 9.48 Å². The van der Waals surface area contributed by atoms with Gasteiger partial charge in [0.25, 0.3) is 5.91 Å². The minimum Gasteiger partial charge on any atom is -0.339 e. The largest absolute Gasteiger partial charge is 0.339 e. The van der Waals surface area contributed by atoms with Crippen LogP contribution in [0, 0.1) is 6.92 Å². The first-order valence-corrected chi connectivity index (χ1v) is 10.2.